The number of halogens is 2. The van der Waals surface area contributed by atoms with Crippen molar-refractivity contribution in [3.05, 3.63) is 63.3 Å². The first-order valence-electron chi connectivity index (χ1n) is 10.5. The van der Waals surface area contributed by atoms with E-state index >= 15 is 0 Å². The lowest BCUT2D eigenvalue weighted by Crippen LogP contribution is -2.34. The number of anilines is 1. The topological polar surface area (TPSA) is 62.5 Å². The minimum absolute atomic E-state index is 0.227. The van der Waals surface area contributed by atoms with Gasteiger partial charge in [0.25, 0.3) is 5.91 Å². The van der Waals surface area contributed by atoms with Crippen molar-refractivity contribution in [2.45, 2.75) is 20.3 Å². The first kappa shape index (κ1) is 23.7. The van der Waals surface area contributed by atoms with Gasteiger partial charge in [0, 0.05) is 12.1 Å². The summed E-state index contributed by atoms with van der Waals surface area (Å²) in [5.74, 6) is 0.207. The van der Waals surface area contributed by atoms with Crippen molar-refractivity contribution >= 4 is 55.8 Å². The highest BCUT2D eigenvalue weighted by Gasteiger charge is 2.29. The number of carbonyl (C=O) groups excluding carboxylic acids is 1. The van der Waals surface area contributed by atoms with Crippen LogP contribution in [0, 0.1) is 13.8 Å². The van der Waals surface area contributed by atoms with Crippen molar-refractivity contribution in [1.82, 2.24) is 15.0 Å². The molecule has 2 heterocycles. The summed E-state index contributed by atoms with van der Waals surface area (Å²) in [7, 11) is 4.01. The largest absolute Gasteiger partial charge is 0.360 e. The number of hydrogen-bond donors (Lipinski definition) is 0. The fourth-order valence-corrected chi connectivity index (χ4v) is 5.20. The molecule has 1 amide bonds. The Morgan fingerprint density at radius 1 is 1.06 bits per heavy atom. The Morgan fingerprint density at radius 3 is 2.52 bits per heavy atom. The van der Waals surface area contributed by atoms with E-state index in [0.29, 0.717) is 44.3 Å². The van der Waals surface area contributed by atoms with E-state index in [1.165, 1.54) is 11.3 Å². The maximum absolute atomic E-state index is 14.0. The molecule has 2 aromatic heterocycles. The number of thiazole rings is 1. The highest BCUT2D eigenvalue weighted by molar-refractivity contribution is 7.23. The molecule has 0 saturated heterocycles. The molecule has 0 bridgehead atoms. The molecule has 0 saturated carbocycles. The zero-order chi connectivity index (χ0) is 23.7. The third kappa shape index (κ3) is 4.77. The number of aromatic nitrogens is 2. The van der Waals surface area contributed by atoms with Crippen LogP contribution in [0.3, 0.4) is 0 Å². The van der Waals surface area contributed by atoms with Crippen molar-refractivity contribution in [1.29, 1.82) is 0 Å². The fraction of sp³-hybridized carbons (Fsp3) is 0.292. The SMILES string of the molecule is Cc1onc(-c2ccccc2Cl)c1C(=O)N(CCCN(C)C)c1nc2c(C)ccc(Cl)c2s1. The van der Waals surface area contributed by atoms with Crippen molar-refractivity contribution in [3.8, 4) is 11.3 Å². The zero-order valence-corrected chi connectivity index (χ0v) is 21.2. The lowest BCUT2D eigenvalue weighted by Gasteiger charge is -2.21. The van der Waals surface area contributed by atoms with E-state index in [-0.39, 0.29) is 5.91 Å². The summed E-state index contributed by atoms with van der Waals surface area (Å²) in [5, 5.41) is 5.89. The third-order valence-corrected chi connectivity index (χ3v) is 7.22. The van der Waals surface area contributed by atoms with Gasteiger partial charge in [0.2, 0.25) is 0 Å². The minimum Gasteiger partial charge on any atom is -0.360 e. The van der Waals surface area contributed by atoms with Gasteiger partial charge < -0.3 is 9.42 Å². The summed E-state index contributed by atoms with van der Waals surface area (Å²) < 4.78 is 6.32. The van der Waals surface area contributed by atoms with Gasteiger partial charge in [0.15, 0.2) is 5.13 Å². The molecular weight excluding hydrogens is 479 g/mol. The molecule has 0 atom stereocenters. The Bertz CT molecular complexity index is 1280. The normalized spacial score (nSPS) is 11.5. The average Bonchev–Trinajstić information content (AvgIpc) is 3.39. The number of rotatable bonds is 7. The lowest BCUT2D eigenvalue weighted by atomic mass is 10.1. The van der Waals surface area contributed by atoms with Crippen LogP contribution in [0.2, 0.25) is 10.0 Å². The Morgan fingerprint density at radius 2 is 1.82 bits per heavy atom. The van der Waals surface area contributed by atoms with Gasteiger partial charge in [-0.25, -0.2) is 4.98 Å². The van der Waals surface area contributed by atoms with Crippen LogP contribution in [-0.2, 0) is 0 Å². The van der Waals surface area contributed by atoms with E-state index in [2.05, 4.69) is 10.1 Å². The molecule has 0 aliphatic carbocycles. The van der Waals surface area contributed by atoms with Crippen LogP contribution in [0.4, 0.5) is 5.13 Å². The molecule has 4 rings (SSSR count). The molecule has 0 radical (unpaired) electrons. The summed E-state index contributed by atoms with van der Waals surface area (Å²) in [6.07, 6.45) is 0.771. The van der Waals surface area contributed by atoms with Gasteiger partial charge >= 0.3 is 0 Å². The Balaban J connectivity index is 1.80. The molecule has 0 aliphatic rings. The lowest BCUT2D eigenvalue weighted by molar-refractivity contribution is 0.0985. The van der Waals surface area contributed by atoms with Crippen molar-refractivity contribution in [3.63, 3.8) is 0 Å². The number of hydrogen-bond acceptors (Lipinski definition) is 6. The molecule has 0 spiro atoms. The summed E-state index contributed by atoms with van der Waals surface area (Å²) in [4.78, 5) is 22.5. The highest BCUT2D eigenvalue weighted by Crippen LogP contribution is 2.38. The first-order valence-corrected chi connectivity index (χ1v) is 12.1. The highest BCUT2D eigenvalue weighted by atomic mass is 35.5. The Hall–Kier alpha value is -2.45. The molecule has 4 aromatic rings. The van der Waals surface area contributed by atoms with Gasteiger partial charge in [-0.2, -0.15) is 0 Å². The zero-order valence-electron chi connectivity index (χ0n) is 18.9. The molecule has 9 heteroatoms. The second kappa shape index (κ2) is 9.81. The van der Waals surface area contributed by atoms with Crippen molar-refractivity contribution in [2.75, 3.05) is 32.1 Å². The van der Waals surface area contributed by atoms with E-state index in [1.807, 2.05) is 51.4 Å². The molecule has 0 unspecified atom stereocenters. The molecule has 2 aromatic carbocycles. The predicted molar refractivity (Wildman–Crippen MR) is 136 cm³/mol. The summed E-state index contributed by atoms with van der Waals surface area (Å²) in [5.41, 5.74) is 3.28. The minimum atomic E-state index is -0.227. The predicted octanol–water partition coefficient (Wildman–Crippen LogP) is 6.47. The van der Waals surface area contributed by atoms with E-state index in [0.717, 1.165) is 28.7 Å². The van der Waals surface area contributed by atoms with Gasteiger partial charge in [0.05, 0.1) is 20.3 Å². The van der Waals surface area contributed by atoms with Gasteiger partial charge in [-0.3, -0.25) is 9.69 Å². The van der Waals surface area contributed by atoms with Gasteiger partial charge in [-0.15, -0.1) is 0 Å². The van der Waals surface area contributed by atoms with Crippen LogP contribution in [0.1, 0.15) is 28.1 Å². The summed E-state index contributed by atoms with van der Waals surface area (Å²) in [6.45, 7) is 5.03. The average molecular weight is 503 g/mol. The number of aryl methyl sites for hydroxylation is 2. The number of fused-ring (bicyclic) bond motifs is 1. The van der Waals surface area contributed by atoms with Crippen molar-refractivity contribution < 1.29 is 9.32 Å². The molecule has 6 nitrogen and oxygen atoms in total. The van der Waals surface area contributed by atoms with Crippen LogP contribution in [0.25, 0.3) is 21.5 Å². The van der Waals surface area contributed by atoms with E-state index in [1.54, 1.807) is 17.9 Å². The van der Waals surface area contributed by atoms with Crippen LogP contribution in [-0.4, -0.2) is 48.1 Å². The maximum atomic E-state index is 14.0. The Labute approximate surface area is 206 Å². The summed E-state index contributed by atoms with van der Waals surface area (Å²) >= 11 is 14.3. The second-order valence-electron chi connectivity index (χ2n) is 8.09. The van der Waals surface area contributed by atoms with Crippen LogP contribution >= 0.6 is 34.5 Å². The number of benzene rings is 2. The monoisotopic (exact) mass is 502 g/mol. The Kier molecular flexibility index (Phi) is 7.05. The van der Waals surface area contributed by atoms with E-state index in [4.69, 9.17) is 32.7 Å². The molecule has 33 heavy (non-hydrogen) atoms. The number of nitrogens with zero attached hydrogens (tertiary/aromatic N) is 4. The van der Waals surface area contributed by atoms with Crippen LogP contribution in [0.15, 0.2) is 40.9 Å². The number of carbonyl (C=O) groups is 1. The maximum Gasteiger partial charge on any atom is 0.265 e. The smallest absolute Gasteiger partial charge is 0.265 e. The molecular formula is C24H24Cl2N4O2S. The molecule has 0 aliphatic heterocycles. The quantitative estimate of drug-likeness (QED) is 0.289. The first-order chi connectivity index (χ1) is 15.8. The van der Waals surface area contributed by atoms with Gasteiger partial charge in [-0.1, -0.05) is 64.0 Å². The van der Waals surface area contributed by atoms with Gasteiger partial charge in [-0.05, 0) is 58.6 Å². The van der Waals surface area contributed by atoms with Gasteiger partial charge in [0.1, 0.15) is 17.0 Å². The molecule has 0 fully saturated rings. The van der Waals surface area contributed by atoms with E-state index in [9.17, 15) is 4.79 Å². The summed E-state index contributed by atoms with van der Waals surface area (Å²) in [6, 6.07) is 11.1. The van der Waals surface area contributed by atoms with Crippen molar-refractivity contribution in [2.24, 2.45) is 0 Å². The molecule has 172 valence electrons. The molecule has 0 N–H and O–H groups in total. The third-order valence-electron chi connectivity index (χ3n) is 5.35. The van der Waals surface area contributed by atoms with Crippen LogP contribution < -0.4 is 4.90 Å². The second-order valence-corrected chi connectivity index (χ2v) is 9.89. The van der Waals surface area contributed by atoms with E-state index < -0.39 is 0 Å². The standard InChI is InChI=1S/C24H24Cl2N4O2S/c1-14-10-11-18(26)22-20(14)27-24(33-22)30(13-7-12-29(3)4)23(31)19-15(2)32-28-21(19)16-8-5-6-9-17(16)25/h5-6,8-11H,7,12-13H2,1-4H3. The van der Waals surface area contributed by atoms with Crippen LogP contribution in [0.5, 0.6) is 0 Å². The fourth-order valence-electron chi connectivity index (χ4n) is 3.63. The number of amides is 1.